The summed E-state index contributed by atoms with van der Waals surface area (Å²) in [7, 11) is 6.27. The first-order valence-electron chi connectivity index (χ1n) is 6.64. The quantitative estimate of drug-likeness (QED) is 0.640. The predicted molar refractivity (Wildman–Crippen MR) is 82.3 cm³/mol. The van der Waals surface area contributed by atoms with Crippen LogP contribution in [0, 0.1) is 34.0 Å². The van der Waals surface area contributed by atoms with Crippen LogP contribution in [0.5, 0.6) is 5.75 Å². The van der Waals surface area contributed by atoms with Gasteiger partial charge in [0.15, 0.2) is 5.57 Å². The molecule has 0 aliphatic carbocycles. The number of nitrogens with zero attached hydrogens (tertiary/aromatic N) is 4. The zero-order valence-electron chi connectivity index (χ0n) is 12.9. The van der Waals surface area contributed by atoms with E-state index < -0.39 is 0 Å². The highest BCUT2D eigenvalue weighted by Crippen LogP contribution is 2.18. The van der Waals surface area contributed by atoms with Gasteiger partial charge in [-0.1, -0.05) is 0 Å². The maximum atomic E-state index is 8.97. The van der Waals surface area contributed by atoms with Crippen molar-refractivity contribution in [3.63, 3.8) is 0 Å². The summed E-state index contributed by atoms with van der Waals surface area (Å²) in [5, 5.41) is 29.3. The second kappa shape index (κ2) is 7.69. The largest absolute Gasteiger partial charge is 0.488 e. The molecule has 6 nitrogen and oxygen atoms in total. The van der Waals surface area contributed by atoms with Crippen molar-refractivity contribution in [2.24, 2.45) is 0 Å². The van der Waals surface area contributed by atoms with Gasteiger partial charge in [0.2, 0.25) is 0 Å². The Kier molecular flexibility index (Phi) is 5.96. The molecule has 0 aromatic heterocycles. The van der Waals surface area contributed by atoms with Gasteiger partial charge in [0.25, 0.3) is 0 Å². The van der Waals surface area contributed by atoms with E-state index in [9.17, 15) is 0 Å². The third-order valence-corrected chi connectivity index (χ3v) is 2.74. The summed E-state index contributed by atoms with van der Waals surface area (Å²) in [5.74, 6) is 0.724. The Bertz CT molecular complexity index is 647. The van der Waals surface area contributed by atoms with Crippen LogP contribution in [0.15, 0.2) is 35.5 Å². The predicted octanol–water partition coefficient (Wildman–Crippen LogP) is 2.01. The van der Waals surface area contributed by atoms with Gasteiger partial charge in [-0.25, -0.2) is 0 Å². The molecule has 0 spiro atoms. The van der Waals surface area contributed by atoms with E-state index in [1.165, 1.54) is 0 Å². The minimum absolute atomic E-state index is 0.0660. The Morgan fingerprint density at radius 1 is 1.05 bits per heavy atom. The Labute approximate surface area is 130 Å². The lowest BCUT2D eigenvalue weighted by atomic mass is 10.2. The zero-order valence-corrected chi connectivity index (χ0v) is 12.9. The summed E-state index contributed by atoms with van der Waals surface area (Å²) in [6.07, 6.45) is 0. The molecule has 0 unspecified atom stereocenters. The molecule has 22 heavy (non-hydrogen) atoms. The Morgan fingerprint density at radius 2 is 1.64 bits per heavy atom. The fourth-order valence-electron chi connectivity index (χ4n) is 1.50. The molecule has 0 aliphatic heterocycles. The van der Waals surface area contributed by atoms with Crippen LogP contribution in [0.4, 0.5) is 5.69 Å². The Morgan fingerprint density at radius 3 is 2.09 bits per heavy atom. The molecule has 0 saturated carbocycles. The van der Waals surface area contributed by atoms with Crippen molar-refractivity contribution in [3.8, 4) is 24.0 Å². The van der Waals surface area contributed by atoms with Gasteiger partial charge < -0.3 is 14.5 Å². The fraction of sp³-hybridized carbons (Fsp3) is 0.312. The lowest BCUT2D eigenvalue weighted by molar-refractivity contribution is -0.870. The van der Waals surface area contributed by atoms with Gasteiger partial charge in [0, 0.05) is 5.69 Å². The molecular weight excluding hydrogens is 278 g/mol. The number of anilines is 1. The van der Waals surface area contributed by atoms with E-state index in [0.29, 0.717) is 12.3 Å². The maximum absolute atomic E-state index is 8.97. The number of ether oxygens (including phenoxy) is 1. The molecule has 0 radical (unpaired) electrons. The molecule has 0 heterocycles. The smallest absolute Gasteiger partial charge is 0.163 e. The molecule has 0 bridgehead atoms. The van der Waals surface area contributed by atoms with E-state index in [2.05, 4.69) is 26.5 Å². The monoisotopic (exact) mass is 296 g/mol. The highest BCUT2D eigenvalue weighted by atomic mass is 16.5. The molecule has 0 atom stereocenters. The van der Waals surface area contributed by atoms with Crippen LogP contribution in [0.25, 0.3) is 0 Å². The summed E-state index contributed by atoms with van der Waals surface area (Å²) in [6.45, 7) is 1.49. The first-order valence-corrected chi connectivity index (χ1v) is 6.64. The molecular formula is C16H18N5O+. The summed E-state index contributed by atoms with van der Waals surface area (Å²) in [6, 6.07) is 12.2. The van der Waals surface area contributed by atoms with Gasteiger partial charge in [-0.3, -0.25) is 0 Å². The molecule has 112 valence electrons. The number of nitrogens with one attached hydrogen (secondary N) is 1. The first-order chi connectivity index (χ1) is 10.4. The van der Waals surface area contributed by atoms with Crippen molar-refractivity contribution < 1.29 is 9.22 Å². The van der Waals surface area contributed by atoms with Crippen LogP contribution in [0.3, 0.4) is 0 Å². The number of benzene rings is 1. The number of likely N-dealkylation sites (N-methyl/N-ethyl adjacent to an activating group) is 1. The van der Waals surface area contributed by atoms with Crippen molar-refractivity contribution in [2.45, 2.75) is 0 Å². The van der Waals surface area contributed by atoms with Crippen molar-refractivity contribution >= 4 is 5.69 Å². The number of nitriles is 3. The summed E-state index contributed by atoms with van der Waals surface area (Å²) < 4.78 is 6.45. The zero-order chi connectivity index (χ0) is 16.6. The van der Waals surface area contributed by atoms with Gasteiger partial charge in [-0.05, 0) is 24.3 Å². The molecule has 6 heteroatoms. The number of allylic oxidation sites excluding steroid dienone is 2. The van der Waals surface area contributed by atoms with Gasteiger partial charge in [-0.2, -0.15) is 15.8 Å². The minimum Gasteiger partial charge on any atom is -0.488 e. The van der Waals surface area contributed by atoms with Crippen molar-refractivity contribution in [1.29, 1.82) is 15.8 Å². The fourth-order valence-corrected chi connectivity index (χ4v) is 1.50. The van der Waals surface area contributed by atoms with Crippen LogP contribution in [-0.4, -0.2) is 38.8 Å². The van der Waals surface area contributed by atoms with Gasteiger partial charge in [0.05, 0.1) is 21.1 Å². The highest BCUT2D eigenvalue weighted by molar-refractivity contribution is 5.58. The lowest BCUT2D eigenvalue weighted by Gasteiger charge is -2.23. The average Bonchev–Trinajstić information content (AvgIpc) is 2.47. The lowest BCUT2D eigenvalue weighted by Crippen LogP contribution is -2.38. The van der Waals surface area contributed by atoms with Crippen LogP contribution in [-0.2, 0) is 0 Å². The molecule has 1 rings (SSSR count). The molecule has 0 amide bonds. The third-order valence-electron chi connectivity index (χ3n) is 2.74. The molecule has 0 saturated heterocycles. The maximum Gasteiger partial charge on any atom is 0.163 e. The molecule has 1 aromatic rings. The number of hydrogen-bond acceptors (Lipinski definition) is 5. The SMILES string of the molecule is C[N+](C)(C)CCOc1ccc(NC(C#N)=C(C#N)C#N)cc1. The Hall–Kier alpha value is -3.01. The van der Waals surface area contributed by atoms with Gasteiger partial charge in [0.1, 0.15) is 42.8 Å². The van der Waals surface area contributed by atoms with E-state index in [0.717, 1.165) is 16.8 Å². The van der Waals surface area contributed by atoms with Gasteiger partial charge >= 0.3 is 0 Å². The first kappa shape index (κ1) is 17.0. The number of hydrogen-bond donors (Lipinski definition) is 1. The van der Waals surface area contributed by atoms with Crippen molar-refractivity contribution in [3.05, 3.63) is 35.5 Å². The van der Waals surface area contributed by atoms with Crippen molar-refractivity contribution in [1.82, 2.24) is 0 Å². The number of quaternary nitrogens is 1. The van der Waals surface area contributed by atoms with Crippen LogP contribution in [0.1, 0.15) is 0 Å². The van der Waals surface area contributed by atoms with E-state index in [1.807, 2.05) is 6.07 Å². The van der Waals surface area contributed by atoms with Crippen LogP contribution in [0.2, 0.25) is 0 Å². The van der Waals surface area contributed by atoms with E-state index >= 15 is 0 Å². The molecule has 0 fully saturated rings. The third kappa shape index (κ3) is 5.54. The second-order valence-electron chi connectivity index (χ2n) is 5.60. The van der Waals surface area contributed by atoms with Gasteiger partial charge in [-0.15, -0.1) is 0 Å². The molecule has 1 N–H and O–H groups in total. The van der Waals surface area contributed by atoms with E-state index in [4.69, 9.17) is 20.5 Å². The van der Waals surface area contributed by atoms with E-state index in [1.54, 1.807) is 36.4 Å². The minimum atomic E-state index is -0.245. The van der Waals surface area contributed by atoms with Crippen LogP contribution < -0.4 is 10.1 Å². The Balaban J connectivity index is 2.71. The summed E-state index contributed by atoms with van der Waals surface area (Å²) >= 11 is 0. The van der Waals surface area contributed by atoms with E-state index in [-0.39, 0.29) is 11.3 Å². The van der Waals surface area contributed by atoms with Crippen molar-refractivity contribution in [2.75, 3.05) is 39.6 Å². The molecule has 0 aliphatic rings. The topological polar surface area (TPSA) is 92.6 Å². The summed E-state index contributed by atoms with van der Waals surface area (Å²) in [5.41, 5.74) is 0.299. The summed E-state index contributed by atoms with van der Waals surface area (Å²) in [4.78, 5) is 0. The standard InChI is InChI=1S/C16H18N5O/c1-21(2,3)8-9-22-15-6-4-14(5-7-15)20-16(12-19)13(10-17)11-18/h4-7,20H,8-9H2,1-3H3/q+1. The van der Waals surface area contributed by atoms with Crippen LogP contribution >= 0.6 is 0 Å². The average molecular weight is 296 g/mol. The normalized spacial score (nSPS) is 9.82. The second-order valence-corrected chi connectivity index (χ2v) is 5.60. The molecule has 1 aromatic carbocycles. The highest BCUT2D eigenvalue weighted by Gasteiger charge is 2.08. The number of rotatable bonds is 6.